The summed E-state index contributed by atoms with van der Waals surface area (Å²) >= 11 is 0. The minimum absolute atomic E-state index is 0.347. The highest BCUT2D eigenvalue weighted by atomic mass is 16.7. The van der Waals surface area contributed by atoms with Gasteiger partial charge < -0.3 is 14.2 Å². The maximum absolute atomic E-state index is 12.4. The van der Waals surface area contributed by atoms with Gasteiger partial charge in [-0.1, -0.05) is 13.2 Å². The van der Waals surface area contributed by atoms with Gasteiger partial charge in [-0.05, 0) is 38.1 Å². The Morgan fingerprint density at radius 2 is 1.58 bits per heavy atom. The fraction of sp³-hybridized carbons (Fsp3) is 0.278. The molecule has 0 radical (unpaired) electrons. The first kappa shape index (κ1) is 19.2. The average molecular weight is 332 g/mol. The zero-order valence-corrected chi connectivity index (χ0v) is 13.9. The Hall–Kier alpha value is -2.89. The molecule has 1 aromatic rings. The molecule has 0 heterocycles. The summed E-state index contributed by atoms with van der Waals surface area (Å²) in [5.74, 6) is -1.22. The molecule has 1 aromatic carbocycles. The van der Waals surface area contributed by atoms with Crippen molar-refractivity contribution in [3.63, 3.8) is 0 Å². The van der Waals surface area contributed by atoms with E-state index in [2.05, 4.69) is 13.2 Å². The maximum Gasteiger partial charge on any atom is 0.333 e. The highest BCUT2D eigenvalue weighted by Gasteiger charge is 2.32. The highest BCUT2D eigenvalue weighted by molar-refractivity contribution is 6.03. The van der Waals surface area contributed by atoms with Gasteiger partial charge in [-0.2, -0.15) is 0 Å². The van der Waals surface area contributed by atoms with Crippen LogP contribution in [0.15, 0.2) is 49.6 Å². The van der Waals surface area contributed by atoms with Crippen LogP contribution < -0.4 is 4.74 Å². The number of ketones is 1. The molecule has 0 saturated heterocycles. The Kier molecular flexibility index (Phi) is 6.47. The predicted molar refractivity (Wildman–Crippen MR) is 87.5 cm³/mol. The van der Waals surface area contributed by atoms with Gasteiger partial charge in [-0.15, -0.1) is 0 Å². The van der Waals surface area contributed by atoms with Gasteiger partial charge in [0.15, 0.2) is 5.60 Å². The van der Waals surface area contributed by atoms with E-state index < -0.39 is 23.8 Å². The van der Waals surface area contributed by atoms with Crippen LogP contribution in [-0.4, -0.2) is 29.6 Å². The molecule has 1 atom stereocenters. The molecule has 6 nitrogen and oxygen atoms in total. The number of esters is 2. The molecule has 0 aromatic heterocycles. The summed E-state index contributed by atoms with van der Waals surface area (Å²) in [6.07, 6.45) is 1.23. The Bertz CT molecular complexity index is 642. The fourth-order valence-corrected chi connectivity index (χ4v) is 1.80. The van der Waals surface area contributed by atoms with Crippen LogP contribution in [0.2, 0.25) is 0 Å². The van der Waals surface area contributed by atoms with E-state index in [0.29, 0.717) is 11.3 Å². The molecular weight excluding hydrogens is 312 g/mol. The third-order valence-corrected chi connectivity index (χ3v) is 2.94. The number of ether oxygens (including phenoxy) is 3. The van der Waals surface area contributed by atoms with Crippen LogP contribution in [0.5, 0.6) is 5.75 Å². The van der Waals surface area contributed by atoms with Crippen molar-refractivity contribution in [2.75, 3.05) is 0 Å². The van der Waals surface area contributed by atoms with Crippen LogP contribution >= 0.6 is 0 Å². The molecule has 0 aliphatic carbocycles. The van der Waals surface area contributed by atoms with E-state index in [9.17, 15) is 14.4 Å². The lowest BCUT2D eigenvalue weighted by molar-refractivity contribution is -0.155. The Morgan fingerprint density at radius 1 is 1.04 bits per heavy atom. The summed E-state index contributed by atoms with van der Waals surface area (Å²) in [7, 11) is 0. The molecule has 0 fully saturated rings. The van der Waals surface area contributed by atoms with Crippen molar-refractivity contribution in [2.24, 2.45) is 0 Å². The molecule has 0 bridgehead atoms. The van der Waals surface area contributed by atoms with Gasteiger partial charge >= 0.3 is 11.9 Å². The van der Waals surface area contributed by atoms with Crippen molar-refractivity contribution in [2.45, 2.75) is 32.7 Å². The molecule has 0 N–H and O–H groups in total. The summed E-state index contributed by atoms with van der Waals surface area (Å²) in [5.41, 5.74) is -0.972. The van der Waals surface area contributed by atoms with Crippen LogP contribution in [0, 0.1) is 0 Å². The second-order valence-electron chi connectivity index (χ2n) is 5.32. The van der Waals surface area contributed by atoms with Crippen molar-refractivity contribution >= 4 is 17.7 Å². The number of hydrogen-bond acceptors (Lipinski definition) is 6. The molecule has 1 rings (SSSR count). The van der Waals surface area contributed by atoms with Gasteiger partial charge in [0.25, 0.3) is 0 Å². The number of Topliss-reactive ketones (excluding diaryl/α,β-unsaturated/α-hetero) is 1. The second kappa shape index (κ2) is 8.10. The van der Waals surface area contributed by atoms with E-state index in [-0.39, 0.29) is 5.78 Å². The van der Waals surface area contributed by atoms with E-state index in [4.69, 9.17) is 14.2 Å². The predicted octanol–water partition coefficient (Wildman–Crippen LogP) is 2.83. The summed E-state index contributed by atoms with van der Waals surface area (Å²) in [6, 6.07) is 6.17. The quantitative estimate of drug-likeness (QED) is 0.315. The van der Waals surface area contributed by atoms with E-state index >= 15 is 0 Å². The SMILES string of the molecule is C=CC(=O)OC(C)Oc1ccc(C(=O)C(C)(C)OC(=O)C=C)cc1. The zero-order valence-electron chi connectivity index (χ0n) is 13.9. The number of carbonyl (C=O) groups is 3. The smallest absolute Gasteiger partial charge is 0.333 e. The van der Waals surface area contributed by atoms with Crippen molar-refractivity contribution in [1.82, 2.24) is 0 Å². The molecule has 0 spiro atoms. The lowest BCUT2D eigenvalue weighted by atomic mass is 9.96. The second-order valence-corrected chi connectivity index (χ2v) is 5.32. The first-order valence-electron chi connectivity index (χ1n) is 7.19. The first-order chi connectivity index (χ1) is 11.2. The fourth-order valence-electron chi connectivity index (χ4n) is 1.80. The molecule has 0 amide bonds. The van der Waals surface area contributed by atoms with E-state index in [1.165, 1.54) is 26.0 Å². The van der Waals surface area contributed by atoms with E-state index in [0.717, 1.165) is 12.2 Å². The lowest BCUT2D eigenvalue weighted by Crippen LogP contribution is -2.36. The topological polar surface area (TPSA) is 78.9 Å². The number of carbonyl (C=O) groups excluding carboxylic acids is 3. The monoisotopic (exact) mass is 332 g/mol. The summed E-state index contributed by atoms with van der Waals surface area (Å²) < 4.78 is 15.3. The molecule has 0 saturated carbocycles. The largest absolute Gasteiger partial charge is 0.455 e. The van der Waals surface area contributed by atoms with Crippen LogP contribution in [-0.2, 0) is 19.1 Å². The maximum atomic E-state index is 12.4. The number of rotatable bonds is 8. The summed E-state index contributed by atoms with van der Waals surface area (Å²) in [4.78, 5) is 34.8. The van der Waals surface area contributed by atoms with Crippen molar-refractivity contribution < 1.29 is 28.6 Å². The van der Waals surface area contributed by atoms with Gasteiger partial charge in [0.2, 0.25) is 12.1 Å². The van der Waals surface area contributed by atoms with Gasteiger partial charge in [0.05, 0.1) is 0 Å². The Morgan fingerprint density at radius 3 is 2.08 bits per heavy atom. The van der Waals surface area contributed by atoms with Crippen molar-refractivity contribution in [3.8, 4) is 5.75 Å². The normalized spacial score (nSPS) is 11.8. The van der Waals surface area contributed by atoms with Crippen molar-refractivity contribution in [3.05, 3.63) is 55.1 Å². The third kappa shape index (κ3) is 5.39. The average Bonchev–Trinajstić information content (AvgIpc) is 2.54. The van der Waals surface area contributed by atoms with E-state index in [1.807, 2.05) is 0 Å². The minimum atomic E-state index is -1.32. The van der Waals surface area contributed by atoms with Gasteiger partial charge in [-0.25, -0.2) is 9.59 Å². The van der Waals surface area contributed by atoms with Crippen LogP contribution in [0.25, 0.3) is 0 Å². The van der Waals surface area contributed by atoms with Crippen LogP contribution in [0.4, 0.5) is 0 Å². The molecule has 128 valence electrons. The molecule has 6 heteroatoms. The Labute approximate surface area is 140 Å². The lowest BCUT2D eigenvalue weighted by Gasteiger charge is -2.23. The van der Waals surface area contributed by atoms with Gasteiger partial charge in [-0.3, -0.25) is 4.79 Å². The standard InChI is InChI=1S/C18H20O6/c1-6-15(19)23-12(3)22-14-10-8-13(9-11-14)17(21)18(4,5)24-16(20)7-2/h6-12H,1-2H2,3-5H3. The van der Waals surface area contributed by atoms with Crippen LogP contribution in [0.1, 0.15) is 31.1 Å². The van der Waals surface area contributed by atoms with E-state index in [1.54, 1.807) is 19.1 Å². The third-order valence-electron chi connectivity index (χ3n) is 2.94. The Balaban J connectivity index is 2.77. The zero-order chi connectivity index (χ0) is 18.3. The van der Waals surface area contributed by atoms with Crippen LogP contribution in [0.3, 0.4) is 0 Å². The molecule has 24 heavy (non-hydrogen) atoms. The first-order valence-corrected chi connectivity index (χ1v) is 7.19. The molecular formula is C18H20O6. The molecule has 1 unspecified atom stereocenters. The van der Waals surface area contributed by atoms with Gasteiger partial charge in [0, 0.05) is 24.6 Å². The minimum Gasteiger partial charge on any atom is -0.455 e. The summed E-state index contributed by atoms with van der Waals surface area (Å²) in [5, 5.41) is 0. The summed E-state index contributed by atoms with van der Waals surface area (Å²) in [6.45, 7) is 11.1. The molecule has 0 aliphatic rings. The molecule has 0 aliphatic heterocycles. The number of hydrogen-bond donors (Lipinski definition) is 0. The number of benzene rings is 1. The van der Waals surface area contributed by atoms with Crippen molar-refractivity contribution in [1.29, 1.82) is 0 Å². The highest BCUT2D eigenvalue weighted by Crippen LogP contribution is 2.21. The van der Waals surface area contributed by atoms with Gasteiger partial charge in [0.1, 0.15) is 5.75 Å².